The normalized spacial score (nSPS) is 24.3. The molecule has 1 rings (SSSR count). The minimum atomic E-state index is 0.396. The van der Waals surface area contributed by atoms with E-state index in [2.05, 4.69) is 0 Å². The highest BCUT2D eigenvalue weighted by Gasteiger charge is 2.14. The molecular weight excluding hydrogens is 144 g/mol. The van der Waals surface area contributed by atoms with Crippen LogP contribution in [0.25, 0.3) is 0 Å². The van der Waals surface area contributed by atoms with Crippen LogP contribution in [0.4, 0.5) is 0 Å². The van der Waals surface area contributed by atoms with Crippen LogP contribution in [0.2, 0.25) is 0 Å². The van der Waals surface area contributed by atoms with Crippen LogP contribution in [0.15, 0.2) is 0 Å². The van der Waals surface area contributed by atoms with Crippen molar-refractivity contribution in [3.8, 4) is 0 Å². The Morgan fingerprint density at radius 1 is 1.55 bits per heavy atom. The summed E-state index contributed by atoms with van der Waals surface area (Å²) in [6, 6.07) is 0. The minimum Gasteiger partial charge on any atom is -0.378 e. The van der Waals surface area contributed by atoms with Gasteiger partial charge in [-0.3, -0.25) is 0 Å². The first-order valence-corrected chi connectivity index (χ1v) is 4.12. The van der Waals surface area contributed by atoms with Crippen LogP contribution in [0, 0.1) is 0 Å². The molecule has 0 aromatic rings. The highest BCUT2D eigenvalue weighted by molar-refractivity contribution is 4.63. The quantitative estimate of drug-likeness (QED) is 0.446. The molecule has 0 spiro atoms. The Bertz CT molecular complexity index is 89.3. The zero-order valence-corrected chi connectivity index (χ0v) is 7.04. The van der Waals surface area contributed by atoms with Gasteiger partial charge in [0.15, 0.2) is 0 Å². The third-order valence-electron chi connectivity index (χ3n) is 1.81. The fourth-order valence-electron chi connectivity index (χ4n) is 1.23. The number of hydrogen-bond donors (Lipinski definition) is 0. The van der Waals surface area contributed by atoms with Crippen LogP contribution in [-0.2, 0) is 14.2 Å². The molecule has 1 heterocycles. The second-order valence-corrected chi connectivity index (χ2v) is 2.74. The average Bonchev–Trinajstić information content (AvgIpc) is 2.50. The Kier molecular flexibility index (Phi) is 4.50. The van der Waals surface area contributed by atoms with E-state index in [1.807, 2.05) is 0 Å². The second kappa shape index (κ2) is 5.52. The summed E-state index contributed by atoms with van der Waals surface area (Å²) in [5, 5.41) is 0. The molecule has 0 amide bonds. The molecule has 1 atom stereocenters. The number of rotatable bonds is 5. The van der Waals surface area contributed by atoms with Crippen molar-refractivity contribution in [3.05, 3.63) is 0 Å². The molecule has 0 aromatic heterocycles. The van der Waals surface area contributed by atoms with Crippen LogP contribution in [0.5, 0.6) is 0 Å². The van der Waals surface area contributed by atoms with Crippen LogP contribution in [0.3, 0.4) is 0 Å². The summed E-state index contributed by atoms with van der Waals surface area (Å²) in [4.78, 5) is 0. The van der Waals surface area contributed by atoms with Crippen molar-refractivity contribution in [3.63, 3.8) is 0 Å². The van der Waals surface area contributed by atoms with Crippen molar-refractivity contribution in [1.29, 1.82) is 0 Å². The third-order valence-corrected chi connectivity index (χ3v) is 1.81. The molecule has 0 bridgehead atoms. The van der Waals surface area contributed by atoms with E-state index < -0.39 is 0 Å². The van der Waals surface area contributed by atoms with Crippen LogP contribution < -0.4 is 0 Å². The van der Waals surface area contributed by atoms with E-state index in [9.17, 15) is 0 Å². The molecule has 0 aromatic carbocycles. The van der Waals surface area contributed by atoms with E-state index >= 15 is 0 Å². The van der Waals surface area contributed by atoms with Gasteiger partial charge in [-0.1, -0.05) is 0 Å². The van der Waals surface area contributed by atoms with E-state index in [0.29, 0.717) is 12.9 Å². The maximum atomic E-state index is 5.41. The molecule has 0 radical (unpaired) electrons. The lowest BCUT2D eigenvalue weighted by atomic mass is 10.2. The fraction of sp³-hybridized carbons (Fsp3) is 1.00. The molecular formula is C8H16O3. The van der Waals surface area contributed by atoms with Crippen molar-refractivity contribution in [2.24, 2.45) is 0 Å². The monoisotopic (exact) mass is 160 g/mol. The predicted molar refractivity (Wildman–Crippen MR) is 41.4 cm³/mol. The Morgan fingerprint density at radius 3 is 3.09 bits per heavy atom. The molecule has 1 aliphatic heterocycles. The second-order valence-electron chi connectivity index (χ2n) is 2.74. The van der Waals surface area contributed by atoms with Gasteiger partial charge >= 0.3 is 0 Å². The van der Waals surface area contributed by atoms with Gasteiger partial charge in [0.1, 0.15) is 6.79 Å². The summed E-state index contributed by atoms with van der Waals surface area (Å²) in [5.41, 5.74) is 0. The van der Waals surface area contributed by atoms with Gasteiger partial charge < -0.3 is 14.2 Å². The van der Waals surface area contributed by atoms with E-state index in [4.69, 9.17) is 14.2 Å². The van der Waals surface area contributed by atoms with Crippen molar-refractivity contribution in [2.75, 3.05) is 27.1 Å². The molecule has 0 aliphatic carbocycles. The largest absolute Gasteiger partial charge is 0.378 e. The van der Waals surface area contributed by atoms with Gasteiger partial charge in [0.25, 0.3) is 0 Å². The lowest BCUT2D eigenvalue weighted by molar-refractivity contribution is -0.0416. The lowest BCUT2D eigenvalue weighted by Crippen LogP contribution is -2.09. The molecule has 0 N–H and O–H groups in total. The summed E-state index contributed by atoms with van der Waals surface area (Å²) in [5.74, 6) is 0. The molecule has 11 heavy (non-hydrogen) atoms. The standard InChI is InChI=1S/C8H16O3/c1-9-7-10-6-4-8-3-2-5-11-8/h8H,2-7H2,1H3. The molecule has 1 fully saturated rings. The lowest BCUT2D eigenvalue weighted by Gasteiger charge is -2.08. The number of ether oxygens (including phenoxy) is 3. The zero-order chi connectivity index (χ0) is 7.94. The summed E-state index contributed by atoms with van der Waals surface area (Å²) >= 11 is 0. The molecule has 0 saturated carbocycles. The summed E-state index contributed by atoms with van der Waals surface area (Å²) in [6.45, 7) is 2.07. The highest BCUT2D eigenvalue weighted by atomic mass is 16.7. The van der Waals surface area contributed by atoms with Crippen molar-refractivity contribution in [2.45, 2.75) is 25.4 Å². The fourth-order valence-corrected chi connectivity index (χ4v) is 1.23. The SMILES string of the molecule is COCOCCC1CCCO1. The van der Waals surface area contributed by atoms with Gasteiger partial charge in [0, 0.05) is 13.7 Å². The summed E-state index contributed by atoms with van der Waals surface area (Å²) in [7, 11) is 1.63. The molecule has 66 valence electrons. The number of methoxy groups -OCH3 is 1. The van der Waals surface area contributed by atoms with E-state index in [1.165, 1.54) is 12.8 Å². The van der Waals surface area contributed by atoms with Gasteiger partial charge in [0.05, 0.1) is 12.7 Å². The topological polar surface area (TPSA) is 27.7 Å². The van der Waals surface area contributed by atoms with Gasteiger partial charge in [-0.15, -0.1) is 0 Å². The Morgan fingerprint density at radius 2 is 2.45 bits per heavy atom. The maximum absolute atomic E-state index is 5.41. The van der Waals surface area contributed by atoms with Crippen molar-refractivity contribution >= 4 is 0 Å². The minimum absolute atomic E-state index is 0.396. The Labute approximate surface area is 67.6 Å². The van der Waals surface area contributed by atoms with E-state index in [0.717, 1.165) is 19.6 Å². The predicted octanol–water partition coefficient (Wildman–Crippen LogP) is 1.18. The van der Waals surface area contributed by atoms with Gasteiger partial charge in [-0.2, -0.15) is 0 Å². The molecule has 1 aliphatic rings. The molecule has 1 unspecified atom stereocenters. The average molecular weight is 160 g/mol. The number of hydrogen-bond acceptors (Lipinski definition) is 3. The van der Waals surface area contributed by atoms with Gasteiger partial charge in [-0.25, -0.2) is 0 Å². The molecule has 3 heteroatoms. The first-order valence-electron chi connectivity index (χ1n) is 4.12. The first kappa shape index (κ1) is 8.97. The van der Waals surface area contributed by atoms with Crippen LogP contribution >= 0.6 is 0 Å². The smallest absolute Gasteiger partial charge is 0.146 e. The van der Waals surface area contributed by atoms with Crippen molar-refractivity contribution in [1.82, 2.24) is 0 Å². The van der Waals surface area contributed by atoms with Gasteiger partial charge in [0.2, 0.25) is 0 Å². The molecule has 3 nitrogen and oxygen atoms in total. The third kappa shape index (κ3) is 3.70. The Balaban J connectivity index is 1.86. The van der Waals surface area contributed by atoms with Gasteiger partial charge in [-0.05, 0) is 19.3 Å². The van der Waals surface area contributed by atoms with Crippen LogP contribution in [0.1, 0.15) is 19.3 Å². The van der Waals surface area contributed by atoms with E-state index in [1.54, 1.807) is 7.11 Å². The Hall–Kier alpha value is -0.120. The maximum Gasteiger partial charge on any atom is 0.146 e. The highest BCUT2D eigenvalue weighted by Crippen LogP contribution is 2.14. The van der Waals surface area contributed by atoms with Crippen LogP contribution in [-0.4, -0.2) is 33.2 Å². The zero-order valence-electron chi connectivity index (χ0n) is 7.04. The first-order chi connectivity index (χ1) is 5.43. The van der Waals surface area contributed by atoms with Crippen molar-refractivity contribution < 1.29 is 14.2 Å². The van der Waals surface area contributed by atoms with E-state index in [-0.39, 0.29) is 0 Å². The molecule has 1 saturated heterocycles. The summed E-state index contributed by atoms with van der Waals surface area (Å²) in [6.07, 6.45) is 3.83. The summed E-state index contributed by atoms with van der Waals surface area (Å²) < 4.78 is 15.3.